The van der Waals surface area contributed by atoms with Crippen molar-refractivity contribution < 1.29 is 53.0 Å². The Morgan fingerprint density at radius 3 is 1.31 bits per heavy atom. The van der Waals surface area contributed by atoms with Crippen molar-refractivity contribution in [3.63, 3.8) is 0 Å². The number of carboxylic acids is 1. The van der Waals surface area contributed by atoms with Crippen LogP contribution in [0.5, 0.6) is 5.75 Å². The minimum absolute atomic E-state index is 0. The van der Waals surface area contributed by atoms with Crippen LogP contribution in [0.1, 0.15) is 135 Å². The lowest BCUT2D eigenvalue weighted by Crippen LogP contribution is -2.58. The van der Waals surface area contributed by atoms with Gasteiger partial charge in [-0.3, -0.25) is 29.7 Å². The highest BCUT2D eigenvalue weighted by molar-refractivity contribution is 6.09. The van der Waals surface area contributed by atoms with Gasteiger partial charge in [0.2, 0.25) is 0 Å². The average molecular weight is 1150 g/mol. The number of esters is 3. The molecule has 4 saturated heterocycles. The average Bonchev–Trinajstić information content (AvgIpc) is 1.64. The number of carbonyl (C=O) groups is 6. The Bertz CT molecular complexity index is 3570. The van der Waals surface area contributed by atoms with Crippen LogP contribution in [-0.4, -0.2) is 89.7 Å². The Labute approximate surface area is 493 Å². The second kappa shape index (κ2) is 26.1. The van der Waals surface area contributed by atoms with Gasteiger partial charge < -0.3 is 29.1 Å². The molecule has 4 atom stereocenters. The van der Waals surface area contributed by atoms with Crippen molar-refractivity contribution in [1.29, 1.82) is 0 Å². The lowest BCUT2D eigenvalue weighted by molar-refractivity contribution is -0.384. The molecule has 6 heterocycles. The van der Waals surface area contributed by atoms with Crippen molar-refractivity contribution in [2.24, 2.45) is 10.8 Å². The Morgan fingerprint density at radius 2 is 0.953 bits per heavy atom. The molecule has 436 valence electrons. The first-order valence-corrected chi connectivity index (χ1v) is 27.6. The van der Waals surface area contributed by atoms with Gasteiger partial charge in [0, 0.05) is 35.7 Å². The summed E-state index contributed by atoms with van der Waals surface area (Å²) in [7, 11) is 0. The van der Waals surface area contributed by atoms with Crippen LogP contribution in [0.4, 0.5) is 5.69 Å². The van der Waals surface area contributed by atoms with E-state index >= 15 is 0 Å². The summed E-state index contributed by atoms with van der Waals surface area (Å²) in [4.78, 5) is 100. The number of hydrogen-bond acceptors (Lipinski definition) is 13. The van der Waals surface area contributed by atoms with Gasteiger partial charge in [0.05, 0.1) is 39.5 Å². The van der Waals surface area contributed by atoms with Gasteiger partial charge in [0.1, 0.15) is 17.8 Å². The van der Waals surface area contributed by atoms with Gasteiger partial charge in [-0.2, -0.15) is 0 Å². The van der Waals surface area contributed by atoms with Crippen LogP contribution in [0.15, 0.2) is 193 Å². The molecule has 7 aromatic rings. The van der Waals surface area contributed by atoms with E-state index < -0.39 is 63.9 Å². The predicted octanol–water partition coefficient (Wildman–Crippen LogP) is 12.5. The Kier molecular flexibility index (Phi) is 18.8. The highest BCUT2D eigenvalue weighted by atomic mass is 16.6. The highest BCUT2D eigenvalue weighted by Gasteiger charge is 2.62. The van der Waals surface area contributed by atoms with Gasteiger partial charge in [-0.1, -0.05) is 177 Å². The van der Waals surface area contributed by atoms with E-state index in [2.05, 4.69) is 23.8 Å². The van der Waals surface area contributed by atoms with E-state index in [0.29, 0.717) is 35.4 Å². The van der Waals surface area contributed by atoms with Gasteiger partial charge >= 0.3 is 23.9 Å². The number of nitro groups is 1. The molecule has 4 aliphatic rings. The number of pyridine rings is 2. The van der Waals surface area contributed by atoms with E-state index in [9.17, 15) is 44.0 Å². The molecule has 0 bridgehead atoms. The fourth-order valence-corrected chi connectivity index (χ4v) is 11.2. The molecule has 2 amide bonds. The number of hydrogen-bond donors (Lipinski definition) is 1. The predicted molar refractivity (Wildman–Crippen MR) is 319 cm³/mol. The number of aromatic carboxylic acids is 1. The number of benzene rings is 5. The second-order valence-corrected chi connectivity index (χ2v) is 22.2. The van der Waals surface area contributed by atoms with E-state index in [-0.39, 0.29) is 53.9 Å². The summed E-state index contributed by atoms with van der Waals surface area (Å²) in [6, 6.07) is 47.0. The van der Waals surface area contributed by atoms with Crippen molar-refractivity contribution in [1.82, 2.24) is 19.8 Å². The molecule has 2 unspecified atom stereocenters. The Morgan fingerprint density at radius 1 is 0.600 bits per heavy atom. The first kappa shape index (κ1) is 61.2. The van der Waals surface area contributed by atoms with Crippen LogP contribution in [-0.2, 0) is 28.7 Å². The summed E-state index contributed by atoms with van der Waals surface area (Å²) in [5.74, 6) is -3.05. The zero-order valence-electron chi connectivity index (χ0n) is 47.2. The van der Waals surface area contributed by atoms with Gasteiger partial charge in [-0.25, -0.2) is 19.2 Å². The van der Waals surface area contributed by atoms with E-state index in [4.69, 9.17) is 14.2 Å². The van der Waals surface area contributed by atoms with Gasteiger partial charge in [0.15, 0.2) is 12.2 Å². The minimum atomic E-state index is -1.06. The van der Waals surface area contributed by atoms with Crippen molar-refractivity contribution in [3.8, 4) is 5.75 Å². The van der Waals surface area contributed by atoms with Crippen LogP contribution >= 0.6 is 0 Å². The number of carboxylic acid groups (broad SMARTS) is 1. The Hall–Kier alpha value is -9.90. The first-order chi connectivity index (χ1) is 40.3. The fraction of sp³-hybridized carbons (Fsp3) is 0.265. The van der Waals surface area contributed by atoms with Crippen LogP contribution in [0, 0.1) is 20.9 Å². The topological polar surface area (TPSA) is 226 Å². The molecular formula is C68H67N5O12. The molecule has 1 N–H and O–H groups in total. The summed E-state index contributed by atoms with van der Waals surface area (Å²) in [5.41, 5.74) is 4.26. The molecule has 0 aliphatic carbocycles. The minimum Gasteiger partial charge on any atom is -0.478 e. The summed E-state index contributed by atoms with van der Waals surface area (Å²) in [5, 5.41) is 20.1. The standard InChI is InChI=1S/C35H29N3O7.C29H26N2O5.C3H8.CH4/c1-35(2)21-29-28(20-25-19-24(17-18-36-25)33(40)44-27-15-13-26(14-16-27)38(42)43)32(39)37(29)31(35)34(41)45-30(22-9-5-3-6-10-22)23-11-7-4-8-12-23;1-29(2)17-23-22(16-21-15-20(27(33)34)13-14-30-21)26(32)31(23)25(29)28(35)36-24(18-9-5-3-6-10-18)19-11-7-4-8-12-19;1-3-2;/h3-20,29-31H,21H2,1-2H3;3-16,23-25H,17H2,1-2H3,(H,33,34);3H2,1-2H3;1H4/b28-20+;22-16+;;/t29?,31-;23?,25-;;/m00../s1. The lowest BCUT2D eigenvalue weighted by Gasteiger charge is -2.41. The monoisotopic (exact) mass is 1150 g/mol. The zero-order chi connectivity index (χ0) is 59.9. The molecule has 2 aromatic heterocycles. The van der Waals surface area contributed by atoms with Crippen molar-refractivity contribution in [2.45, 2.75) is 105 Å². The number of fused-ring (bicyclic) bond motifs is 2. The molecule has 0 spiro atoms. The number of carbonyl (C=O) groups excluding carboxylic acids is 5. The molecule has 85 heavy (non-hydrogen) atoms. The SMILES string of the molecule is C.CC1(C)CC2/C(=C\c3cc(C(=O)O)ccn3)C(=O)N2[C@H]1C(=O)OC(c1ccccc1)c1ccccc1.CC1(C)CC2/C(=C\c3cc(C(=O)Oc4ccc([N+](=O)[O-])cc4)ccn3)C(=O)N2[C@H]1C(=O)OC(c1ccccc1)c1ccccc1.CCC. The second-order valence-electron chi connectivity index (χ2n) is 22.2. The molecule has 11 rings (SSSR count). The maximum Gasteiger partial charge on any atom is 0.343 e. The quantitative estimate of drug-likeness (QED) is 0.0267. The number of amides is 2. The molecular weight excluding hydrogens is 1080 g/mol. The summed E-state index contributed by atoms with van der Waals surface area (Å²) in [6.45, 7) is 12.1. The molecule has 4 fully saturated rings. The number of non-ortho nitro benzene ring substituents is 1. The van der Waals surface area contributed by atoms with Gasteiger partial charge in [-0.15, -0.1) is 0 Å². The zero-order valence-corrected chi connectivity index (χ0v) is 47.2. The number of rotatable bonds is 14. The third kappa shape index (κ3) is 13.3. The number of aromatic nitrogens is 2. The van der Waals surface area contributed by atoms with Crippen LogP contribution < -0.4 is 4.74 Å². The smallest absolute Gasteiger partial charge is 0.343 e. The third-order valence-electron chi connectivity index (χ3n) is 15.1. The number of nitrogens with zero attached hydrogens (tertiary/aromatic N) is 5. The van der Waals surface area contributed by atoms with E-state index in [1.54, 1.807) is 22.0 Å². The van der Waals surface area contributed by atoms with Crippen LogP contribution in [0.3, 0.4) is 0 Å². The molecule has 0 radical (unpaired) electrons. The maximum absolute atomic E-state index is 13.8. The first-order valence-electron chi connectivity index (χ1n) is 27.6. The van der Waals surface area contributed by atoms with Crippen LogP contribution in [0.25, 0.3) is 12.2 Å². The molecule has 17 heteroatoms. The third-order valence-corrected chi connectivity index (χ3v) is 15.1. The fourth-order valence-electron chi connectivity index (χ4n) is 11.2. The normalized spacial score (nSPS) is 19.3. The summed E-state index contributed by atoms with van der Waals surface area (Å²) in [6.07, 6.45) is 7.26. The molecule has 0 saturated carbocycles. The molecule has 4 aliphatic heterocycles. The van der Waals surface area contributed by atoms with Crippen molar-refractivity contribution in [2.75, 3.05) is 0 Å². The maximum atomic E-state index is 13.8. The number of ether oxygens (including phenoxy) is 3. The van der Waals surface area contributed by atoms with Crippen molar-refractivity contribution >= 4 is 53.5 Å². The number of β-lactam (4-membered cyclic amide) rings is 2. The Balaban J connectivity index is 0.000000214. The molecule has 5 aromatic carbocycles. The van der Waals surface area contributed by atoms with E-state index in [1.165, 1.54) is 67.3 Å². The summed E-state index contributed by atoms with van der Waals surface area (Å²) < 4.78 is 17.6. The summed E-state index contributed by atoms with van der Waals surface area (Å²) >= 11 is 0. The van der Waals surface area contributed by atoms with E-state index in [1.807, 2.05) is 149 Å². The largest absolute Gasteiger partial charge is 0.478 e. The van der Waals surface area contributed by atoms with Crippen LogP contribution in [0.2, 0.25) is 0 Å². The lowest BCUT2D eigenvalue weighted by atomic mass is 9.83. The van der Waals surface area contributed by atoms with Crippen molar-refractivity contribution in [3.05, 3.63) is 248 Å². The van der Waals surface area contributed by atoms with Gasteiger partial charge in [0.25, 0.3) is 17.5 Å². The number of nitro benzene ring substituents is 1. The molecule has 17 nitrogen and oxygen atoms in total. The van der Waals surface area contributed by atoms with E-state index in [0.717, 1.165) is 22.3 Å². The van der Waals surface area contributed by atoms with Gasteiger partial charge in [-0.05, 0) is 94.5 Å². The highest BCUT2D eigenvalue weighted by Crippen LogP contribution is 2.52.